The monoisotopic (exact) mass is 260 g/mol. The molecule has 0 bridgehead atoms. The maximum absolute atomic E-state index is 11.8. The third-order valence-corrected chi connectivity index (χ3v) is 4.01. The van der Waals surface area contributed by atoms with Crippen LogP contribution in [0.15, 0.2) is 24.3 Å². The quantitative estimate of drug-likeness (QED) is 0.833. The van der Waals surface area contributed by atoms with Gasteiger partial charge in [0.25, 0.3) is 0 Å². The molecular formula is C15H20N2O2. The van der Waals surface area contributed by atoms with Crippen molar-refractivity contribution in [2.45, 2.75) is 19.4 Å². The van der Waals surface area contributed by atoms with E-state index in [9.17, 15) is 4.79 Å². The van der Waals surface area contributed by atoms with Crippen LogP contribution in [0.1, 0.15) is 12.0 Å². The number of hydrogen-bond acceptors (Lipinski definition) is 3. The summed E-state index contributed by atoms with van der Waals surface area (Å²) in [5.41, 5.74) is 1.17. The molecule has 2 N–H and O–H groups in total. The van der Waals surface area contributed by atoms with Crippen molar-refractivity contribution in [1.82, 2.24) is 10.6 Å². The SMILES string of the molecule is Cc1cccc(OCCC(=O)NC2C3CNCC32)c1. The van der Waals surface area contributed by atoms with E-state index in [1.165, 1.54) is 5.56 Å². The summed E-state index contributed by atoms with van der Waals surface area (Å²) in [6, 6.07) is 8.30. The lowest BCUT2D eigenvalue weighted by Gasteiger charge is -2.09. The summed E-state index contributed by atoms with van der Waals surface area (Å²) in [4.78, 5) is 11.8. The molecular weight excluding hydrogens is 240 g/mol. The van der Waals surface area contributed by atoms with Crippen LogP contribution in [-0.2, 0) is 4.79 Å². The Morgan fingerprint density at radius 2 is 2.21 bits per heavy atom. The fourth-order valence-electron chi connectivity index (χ4n) is 2.86. The van der Waals surface area contributed by atoms with Crippen LogP contribution in [0.25, 0.3) is 0 Å². The second kappa shape index (κ2) is 5.21. The molecule has 4 nitrogen and oxygen atoms in total. The highest BCUT2D eigenvalue weighted by molar-refractivity contribution is 5.77. The normalized spacial score (nSPS) is 27.7. The maximum atomic E-state index is 11.8. The van der Waals surface area contributed by atoms with Gasteiger partial charge in [-0.1, -0.05) is 12.1 Å². The number of rotatable bonds is 5. The molecule has 19 heavy (non-hydrogen) atoms. The Bertz CT molecular complexity index is 465. The molecule has 1 aliphatic carbocycles. The highest BCUT2D eigenvalue weighted by Gasteiger charge is 2.53. The van der Waals surface area contributed by atoms with E-state index in [2.05, 4.69) is 10.6 Å². The molecule has 1 aliphatic heterocycles. The van der Waals surface area contributed by atoms with Crippen LogP contribution in [0, 0.1) is 18.8 Å². The molecule has 1 aromatic carbocycles. The Kier molecular flexibility index (Phi) is 3.42. The average molecular weight is 260 g/mol. The summed E-state index contributed by atoms with van der Waals surface area (Å²) in [7, 11) is 0. The number of carbonyl (C=O) groups excluding carboxylic acids is 1. The summed E-state index contributed by atoms with van der Waals surface area (Å²) in [6.07, 6.45) is 0.428. The maximum Gasteiger partial charge on any atom is 0.223 e. The largest absolute Gasteiger partial charge is 0.493 e. The molecule has 2 unspecified atom stereocenters. The van der Waals surface area contributed by atoms with E-state index in [1.807, 2.05) is 31.2 Å². The Labute approximate surface area is 113 Å². The fourth-order valence-corrected chi connectivity index (χ4v) is 2.86. The summed E-state index contributed by atoms with van der Waals surface area (Å²) in [5, 5.41) is 6.41. The van der Waals surface area contributed by atoms with Gasteiger partial charge < -0.3 is 15.4 Å². The average Bonchev–Trinajstić information content (AvgIpc) is 2.83. The summed E-state index contributed by atoms with van der Waals surface area (Å²) in [6.45, 7) is 4.57. The molecule has 102 valence electrons. The van der Waals surface area contributed by atoms with Crippen LogP contribution < -0.4 is 15.4 Å². The highest BCUT2D eigenvalue weighted by atomic mass is 16.5. The van der Waals surface area contributed by atoms with E-state index in [0.717, 1.165) is 18.8 Å². The zero-order chi connectivity index (χ0) is 13.2. The van der Waals surface area contributed by atoms with Crippen LogP contribution in [0.3, 0.4) is 0 Å². The van der Waals surface area contributed by atoms with Gasteiger partial charge in [0.15, 0.2) is 0 Å². The van der Waals surface area contributed by atoms with Gasteiger partial charge in [-0.15, -0.1) is 0 Å². The Morgan fingerprint density at radius 3 is 2.95 bits per heavy atom. The number of piperidine rings is 1. The molecule has 0 spiro atoms. The minimum absolute atomic E-state index is 0.104. The molecule has 1 amide bonds. The summed E-state index contributed by atoms with van der Waals surface area (Å²) in [5.74, 6) is 2.27. The molecule has 2 atom stereocenters. The molecule has 0 aromatic heterocycles. The molecule has 1 heterocycles. The van der Waals surface area contributed by atoms with E-state index in [0.29, 0.717) is 30.9 Å². The van der Waals surface area contributed by atoms with Crippen molar-refractivity contribution in [3.05, 3.63) is 29.8 Å². The van der Waals surface area contributed by atoms with Gasteiger partial charge in [-0.05, 0) is 36.5 Å². The fraction of sp³-hybridized carbons (Fsp3) is 0.533. The number of fused-ring (bicyclic) bond motifs is 1. The lowest BCUT2D eigenvalue weighted by Crippen LogP contribution is -2.33. The zero-order valence-corrected chi connectivity index (χ0v) is 11.2. The van der Waals surface area contributed by atoms with Gasteiger partial charge in [-0.25, -0.2) is 0 Å². The number of benzene rings is 1. The van der Waals surface area contributed by atoms with Crippen molar-refractivity contribution >= 4 is 5.91 Å². The van der Waals surface area contributed by atoms with Crippen LogP contribution in [0.2, 0.25) is 0 Å². The van der Waals surface area contributed by atoms with E-state index >= 15 is 0 Å². The van der Waals surface area contributed by atoms with Crippen LogP contribution in [0.4, 0.5) is 0 Å². The standard InChI is InChI=1S/C15H20N2O2/c1-10-3-2-4-11(7-10)19-6-5-14(18)17-15-12-8-16-9-13(12)15/h2-4,7,12-13,15-16H,5-6,8-9H2,1H3,(H,17,18). The molecule has 1 aromatic rings. The van der Waals surface area contributed by atoms with Gasteiger partial charge >= 0.3 is 0 Å². The highest BCUT2D eigenvalue weighted by Crippen LogP contribution is 2.41. The summed E-state index contributed by atoms with van der Waals surface area (Å²) < 4.78 is 5.58. The number of aryl methyl sites for hydroxylation is 1. The van der Waals surface area contributed by atoms with Gasteiger partial charge in [-0.3, -0.25) is 4.79 Å². The number of nitrogens with one attached hydrogen (secondary N) is 2. The van der Waals surface area contributed by atoms with E-state index in [1.54, 1.807) is 0 Å². The van der Waals surface area contributed by atoms with E-state index in [-0.39, 0.29) is 5.91 Å². The zero-order valence-electron chi connectivity index (χ0n) is 11.2. The first-order valence-corrected chi connectivity index (χ1v) is 6.93. The Balaban J connectivity index is 1.37. The number of amides is 1. The predicted octanol–water partition coefficient (Wildman–Crippen LogP) is 1.10. The van der Waals surface area contributed by atoms with Crippen LogP contribution >= 0.6 is 0 Å². The molecule has 3 rings (SSSR count). The minimum atomic E-state index is 0.104. The van der Waals surface area contributed by atoms with Crippen molar-refractivity contribution in [3.8, 4) is 5.75 Å². The Morgan fingerprint density at radius 1 is 1.42 bits per heavy atom. The molecule has 2 fully saturated rings. The number of ether oxygens (including phenoxy) is 1. The van der Waals surface area contributed by atoms with Crippen LogP contribution in [-0.4, -0.2) is 31.6 Å². The van der Waals surface area contributed by atoms with Crippen molar-refractivity contribution in [2.24, 2.45) is 11.8 Å². The van der Waals surface area contributed by atoms with Crippen molar-refractivity contribution in [1.29, 1.82) is 0 Å². The summed E-state index contributed by atoms with van der Waals surface area (Å²) >= 11 is 0. The molecule has 1 saturated carbocycles. The van der Waals surface area contributed by atoms with Crippen molar-refractivity contribution in [3.63, 3.8) is 0 Å². The lowest BCUT2D eigenvalue weighted by molar-refractivity contribution is -0.121. The lowest BCUT2D eigenvalue weighted by atomic mass is 10.2. The first kappa shape index (κ1) is 12.5. The van der Waals surface area contributed by atoms with Gasteiger partial charge in [0.05, 0.1) is 13.0 Å². The second-order valence-electron chi connectivity index (χ2n) is 5.49. The van der Waals surface area contributed by atoms with Crippen molar-refractivity contribution in [2.75, 3.05) is 19.7 Å². The smallest absolute Gasteiger partial charge is 0.223 e. The second-order valence-corrected chi connectivity index (χ2v) is 5.49. The van der Waals surface area contributed by atoms with E-state index < -0.39 is 0 Å². The third kappa shape index (κ3) is 2.89. The van der Waals surface area contributed by atoms with Gasteiger partial charge in [0.1, 0.15) is 5.75 Å². The van der Waals surface area contributed by atoms with Crippen LogP contribution in [0.5, 0.6) is 5.75 Å². The first-order valence-electron chi connectivity index (χ1n) is 6.93. The molecule has 2 aliphatic rings. The topological polar surface area (TPSA) is 50.4 Å². The first-order chi connectivity index (χ1) is 9.24. The molecule has 4 heteroatoms. The van der Waals surface area contributed by atoms with Crippen molar-refractivity contribution < 1.29 is 9.53 Å². The van der Waals surface area contributed by atoms with Gasteiger partial charge in [-0.2, -0.15) is 0 Å². The number of carbonyl (C=O) groups is 1. The van der Waals surface area contributed by atoms with Gasteiger partial charge in [0.2, 0.25) is 5.91 Å². The molecule has 1 saturated heterocycles. The number of hydrogen-bond donors (Lipinski definition) is 2. The minimum Gasteiger partial charge on any atom is -0.493 e. The predicted molar refractivity (Wildman–Crippen MR) is 73.1 cm³/mol. The van der Waals surface area contributed by atoms with Gasteiger partial charge in [0, 0.05) is 19.1 Å². The van der Waals surface area contributed by atoms with E-state index in [4.69, 9.17) is 4.74 Å². The Hall–Kier alpha value is -1.55. The third-order valence-electron chi connectivity index (χ3n) is 4.01. The molecule has 0 radical (unpaired) electrons.